The van der Waals surface area contributed by atoms with E-state index in [1.165, 1.54) is 10.8 Å². The van der Waals surface area contributed by atoms with Gasteiger partial charge in [-0.3, -0.25) is 4.79 Å². The number of carbonyl (C=O) groups excluding carboxylic acids is 1. The van der Waals surface area contributed by atoms with Crippen molar-refractivity contribution in [2.24, 2.45) is 7.05 Å². The summed E-state index contributed by atoms with van der Waals surface area (Å²) in [7, 11) is -0.352. The number of sulfone groups is 1. The van der Waals surface area contributed by atoms with Crippen molar-refractivity contribution in [2.45, 2.75) is 16.7 Å². The lowest BCUT2D eigenvalue weighted by Crippen LogP contribution is -2.07. The normalized spacial score (nSPS) is 11.6. The summed E-state index contributed by atoms with van der Waals surface area (Å²) in [5.41, 5.74) is 1.81. The summed E-state index contributed by atoms with van der Waals surface area (Å²) in [4.78, 5) is 20.2. The van der Waals surface area contributed by atoms with Crippen molar-refractivity contribution in [2.75, 3.05) is 5.75 Å². The molecule has 0 aliphatic carbocycles. The van der Waals surface area contributed by atoms with Crippen LogP contribution < -0.4 is 0 Å². The molecule has 0 spiro atoms. The summed E-state index contributed by atoms with van der Waals surface area (Å²) in [5, 5.41) is 0. The molecular weight excluding hydrogens is 394 g/mol. The predicted octanol–water partition coefficient (Wildman–Crippen LogP) is 3.26. The Balaban J connectivity index is 2.10. The van der Waals surface area contributed by atoms with E-state index < -0.39 is 9.84 Å². The fourth-order valence-electron chi connectivity index (χ4n) is 2.50. The SMILES string of the molecule is CCS(=O)(=O)c1ccccc1-c1nc2cc(SSOC=O)cnc2n1C. The molecule has 3 aromatic rings. The van der Waals surface area contributed by atoms with Crippen LogP contribution >= 0.6 is 21.9 Å². The summed E-state index contributed by atoms with van der Waals surface area (Å²) in [6, 6.07) is 8.63. The fourth-order valence-corrected chi connectivity index (χ4v) is 4.72. The van der Waals surface area contributed by atoms with Gasteiger partial charge in [-0.25, -0.2) is 18.4 Å². The molecule has 3 rings (SSSR count). The van der Waals surface area contributed by atoms with Crippen LogP contribution in [-0.4, -0.2) is 35.2 Å². The third kappa shape index (κ3) is 3.57. The minimum absolute atomic E-state index is 0.0148. The van der Waals surface area contributed by atoms with Crippen LogP contribution in [0.15, 0.2) is 46.3 Å². The van der Waals surface area contributed by atoms with E-state index in [0.29, 0.717) is 29.0 Å². The Kier molecular flexibility index (Phi) is 5.54. The summed E-state index contributed by atoms with van der Waals surface area (Å²) in [6.45, 7) is 1.97. The molecule has 0 N–H and O–H groups in total. The lowest BCUT2D eigenvalue weighted by Gasteiger charge is -2.09. The first-order chi connectivity index (χ1) is 12.5. The maximum Gasteiger partial charge on any atom is 0.306 e. The number of aryl methyl sites for hydroxylation is 1. The smallest absolute Gasteiger partial charge is 0.306 e. The number of fused-ring (bicyclic) bond motifs is 1. The Morgan fingerprint density at radius 1 is 1.31 bits per heavy atom. The minimum atomic E-state index is -3.39. The van der Waals surface area contributed by atoms with Crippen LogP contribution in [0.25, 0.3) is 22.6 Å². The van der Waals surface area contributed by atoms with Gasteiger partial charge in [0, 0.05) is 23.7 Å². The zero-order chi connectivity index (χ0) is 18.7. The zero-order valence-corrected chi connectivity index (χ0v) is 16.4. The highest BCUT2D eigenvalue weighted by Gasteiger charge is 2.21. The summed E-state index contributed by atoms with van der Waals surface area (Å²) in [5.74, 6) is 0.542. The molecule has 1 aromatic carbocycles. The van der Waals surface area contributed by atoms with Crippen molar-refractivity contribution in [1.82, 2.24) is 14.5 Å². The van der Waals surface area contributed by atoms with Crippen LogP contribution in [-0.2, 0) is 25.9 Å². The Morgan fingerprint density at radius 3 is 2.81 bits per heavy atom. The standard InChI is InChI=1S/C16H15N3O4S3/c1-3-26(21,22)14-7-5-4-6-12(14)15-18-13-8-11(24-25-23-10-20)9-17-16(13)19(15)2/h4-10H,3H2,1-2H3. The molecule has 2 aromatic heterocycles. The van der Waals surface area contributed by atoms with E-state index in [1.54, 1.807) is 49.0 Å². The maximum atomic E-state index is 12.4. The molecule has 7 nitrogen and oxygen atoms in total. The fraction of sp³-hybridized carbons (Fsp3) is 0.188. The second-order valence-corrected chi connectivity index (χ2v) is 9.37. The van der Waals surface area contributed by atoms with Gasteiger partial charge in [0.25, 0.3) is 0 Å². The van der Waals surface area contributed by atoms with Crippen LogP contribution in [0.3, 0.4) is 0 Å². The number of hydrogen-bond acceptors (Lipinski definition) is 8. The second kappa shape index (κ2) is 7.68. The van der Waals surface area contributed by atoms with E-state index >= 15 is 0 Å². The molecule has 0 radical (unpaired) electrons. The van der Waals surface area contributed by atoms with Crippen LogP contribution in [0.2, 0.25) is 0 Å². The van der Waals surface area contributed by atoms with Gasteiger partial charge in [0.1, 0.15) is 22.4 Å². The number of nitrogens with zero attached hydrogens (tertiary/aromatic N) is 3. The van der Waals surface area contributed by atoms with Gasteiger partial charge >= 0.3 is 6.47 Å². The first-order valence-electron chi connectivity index (χ1n) is 7.56. The first-order valence-corrected chi connectivity index (χ1v) is 11.3. The lowest BCUT2D eigenvalue weighted by molar-refractivity contribution is -0.119. The van der Waals surface area contributed by atoms with Crippen molar-refractivity contribution in [3.05, 3.63) is 36.5 Å². The molecule has 0 bridgehead atoms. The van der Waals surface area contributed by atoms with Gasteiger partial charge in [-0.05, 0) is 29.0 Å². The molecule has 2 heterocycles. The monoisotopic (exact) mass is 409 g/mol. The third-order valence-electron chi connectivity index (χ3n) is 3.74. The predicted molar refractivity (Wildman–Crippen MR) is 102 cm³/mol. The van der Waals surface area contributed by atoms with E-state index in [2.05, 4.69) is 14.2 Å². The lowest BCUT2D eigenvalue weighted by atomic mass is 10.2. The topological polar surface area (TPSA) is 91.2 Å². The Labute approximate surface area is 158 Å². The average Bonchev–Trinajstić information content (AvgIpc) is 2.98. The van der Waals surface area contributed by atoms with E-state index in [9.17, 15) is 13.2 Å². The molecule has 0 aliphatic heterocycles. The second-order valence-electron chi connectivity index (χ2n) is 5.25. The van der Waals surface area contributed by atoms with Gasteiger partial charge in [-0.2, -0.15) is 0 Å². The molecular formula is C16H15N3O4S3. The van der Waals surface area contributed by atoms with Crippen LogP contribution in [0.5, 0.6) is 0 Å². The van der Waals surface area contributed by atoms with Crippen LogP contribution in [0.1, 0.15) is 6.92 Å². The van der Waals surface area contributed by atoms with E-state index in [0.717, 1.165) is 16.0 Å². The van der Waals surface area contributed by atoms with E-state index in [4.69, 9.17) is 0 Å². The number of benzene rings is 1. The Hall–Kier alpha value is -2.04. The molecule has 0 fully saturated rings. The number of carbonyl (C=O) groups is 1. The molecule has 0 unspecified atom stereocenters. The van der Waals surface area contributed by atoms with Gasteiger partial charge in [0.2, 0.25) is 0 Å². The largest absolute Gasteiger partial charge is 0.381 e. The van der Waals surface area contributed by atoms with Crippen molar-refractivity contribution >= 4 is 49.3 Å². The maximum absolute atomic E-state index is 12.4. The number of aromatic nitrogens is 3. The van der Waals surface area contributed by atoms with Crippen LogP contribution in [0, 0.1) is 0 Å². The van der Waals surface area contributed by atoms with Gasteiger partial charge in [0.05, 0.1) is 10.6 Å². The number of imidazole rings is 1. The molecule has 26 heavy (non-hydrogen) atoms. The number of hydrogen-bond donors (Lipinski definition) is 0. The van der Waals surface area contributed by atoms with Gasteiger partial charge in [0.15, 0.2) is 15.5 Å². The highest BCUT2D eigenvalue weighted by molar-refractivity contribution is 8.75. The summed E-state index contributed by atoms with van der Waals surface area (Å²) in [6.07, 6.45) is 1.65. The molecule has 0 aliphatic rings. The molecule has 10 heteroatoms. The zero-order valence-electron chi connectivity index (χ0n) is 13.9. The van der Waals surface area contributed by atoms with Gasteiger partial charge < -0.3 is 8.75 Å². The van der Waals surface area contributed by atoms with Gasteiger partial charge in [-0.15, -0.1) is 0 Å². The summed E-state index contributed by atoms with van der Waals surface area (Å²) >= 11 is 0.926. The summed E-state index contributed by atoms with van der Waals surface area (Å²) < 4.78 is 31.2. The number of rotatable bonds is 7. The molecule has 136 valence electrons. The molecule has 0 saturated heterocycles. The Bertz CT molecular complexity index is 1060. The van der Waals surface area contributed by atoms with Crippen LogP contribution in [0.4, 0.5) is 0 Å². The van der Waals surface area contributed by atoms with Crippen molar-refractivity contribution in [1.29, 1.82) is 0 Å². The first kappa shape index (κ1) is 18.7. The molecule has 0 amide bonds. The number of pyridine rings is 1. The highest BCUT2D eigenvalue weighted by Crippen LogP contribution is 2.34. The quantitative estimate of drug-likeness (QED) is 0.254. The molecule has 0 atom stereocenters. The van der Waals surface area contributed by atoms with Crippen molar-refractivity contribution in [3.63, 3.8) is 0 Å². The van der Waals surface area contributed by atoms with E-state index in [1.807, 2.05) is 6.07 Å². The van der Waals surface area contributed by atoms with Crippen molar-refractivity contribution in [3.8, 4) is 11.4 Å². The van der Waals surface area contributed by atoms with Gasteiger partial charge in [-0.1, -0.05) is 19.1 Å². The minimum Gasteiger partial charge on any atom is -0.381 e. The molecule has 0 saturated carbocycles. The third-order valence-corrected chi connectivity index (χ3v) is 7.18. The van der Waals surface area contributed by atoms with Crippen molar-refractivity contribution < 1.29 is 17.4 Å². The highest BCUT2D eigenvalue weighted by atomic mass is 33.1. The average molecular weight is 410 g/mol. The Morgan fingerprint density at radius 2 is 2.08 bits per heavy atom. The van der Waals surface area contributed by atoms with E-state index in [-0.39, 0.29) is 10.6 Å².